The molecule has 0 spiro atoms. The van der Waals surface area contributed by atoms with E-state index in [1.807, 2.05) is 6.08 Å². The fraction of sp³-hybridized carbons (Fsp3) is 0.667. The molecule has 3 heterocycles. The van der Waals surface area contributed by atoms with Crippen molar-refractivity contribution in [1.29, 1.82) is 0 Å². The first-order valence-electron chi connectivity index (χ1n) is 9.55. The highest BCUT2D eigenvalue weighted by molar-refractivity contribution is 7.98. The van der Waals surface area contributed by atoms with E-state index in [2.05, 4.69) is 36.8 Å². The normalized spacial score (nSPS) is 19.2. The standard InChI is InChI=1S/C18H26N6OS/c1-2-11-24-16(13-7-9-19-10-8-13)21-22-18(24)26-12-15-20-17(25-23-15)14-5-3-4-6-14/h2,13-14,19H,1,3-12H2. The van der Waals surface area contributed by atoms with Crippen LogP contribution in [-0.4, -0.2) is 38.0 Å². The Kier molecular flexibility index (Phi) is 5.69. The summed E-state index contributed by atoms with van der Waals surface area (Å²) in [6.07, 6.45) is 8.99. The topological polar surface area (TPSA) is 81.7 Å². The lowest BCUT2D eigenvalue weighted by Crippen LogP contribution is -2.28. The highest BCUT2D eigenvalue weighted by Gasteiger charge is 2.25. The summed E-state index contributed by atoms with van der Waals surface area (Å²) >= 11 is 1.62. The fourth-order valence-corrected chi connectivity index (χ4v) is 4.68. The van der Waals surface area contributed by atoms with E-state index in [0.29, 0.717) is 17.6 Å². The second-order valence-corrected chi connectivity index (χ2v) is 8.03. The molecule has 2 aromatic rings. The Balaban J connectivity index is 1.44. The van der Waals surface area contributed by atoms with E-state index in [0.717, 1.165) is 55.2 Å². The van der Waals surface area contributed by atoms with Crippen molar-refractivity contribution in [2.24, 2.45) is 0 Å². The predicted octanol–water partition coefficient (Wildman–Crippen LogP) is 3.26. The summed E-state index contributed by atoms with van der Waals surface area (Å²) in [5.74, 6) is 4.20. The van der Waals surface area contributed by atoms with Gasteiger partial charge >= 0.3 is 0 Å². The highest BCUT2D eigenvalue weighted by Crippen LogP contribution is 2.33. The van der Waals surface area contributed by atoms with E-state index in [9.17, 15) is 0 Å². The van der Waals surface area contributed by atoms with Crippen LogP contribution in [0.4, 0.5) is 0 Å². The monoisotopic (exact) mass is 374 g/mol. The zero-order valence-electron chi connectivity index (χ0n) is 15.1. The Bertz CT molecular complexity index is 730. The minimum Gasteiger partial charge on any atom is -0.339 e. The molecule has 0 amide bonds. The van der Waals surface area contributed by atoms with Crippen LogP contribution in [0.3, 0.4) is 0 Å². The average molecular weight is 375 g/mol. The summed E-state index contributed by atoms with van der Waals surface area (Å²) in [4.78, 5) is 4.60. The van der Waals surface area contributed by atoms with Crippen LogP contribution in [0.1, 0.15) is 67.9 Å². The van der Waals surface area contributed by atoms with Gasteiger partial charge in [-0.15, -0.1) is 16.8 Å². The number of piperidine rings is 1. The molecular weight excluding hydrogens is 348 g/mol. The molecule has 1 saturated carbocycles. The summed E-state index contributed by atoms with van der Waals surface area (Å²) in [5, 5.41) is 17.4. The molecule has 0 bridgehead atoms. The van der Waals surface area contributed by atoms with E-state index < -0.39 is 0 Å². The summed E-state index contributed by atoms with van der Waals surface area (Å²) in [6, 6.07) is 0. The van der Waals surface area contributed by atoms with Crippen molar-refractivity contribution in [2.75, 3.05) is 13.1 Å². The quantitative estimate of drug-likeness (QED) is 0.588. The van der Waals surface area contributed by atoms with Gasteiger partial charge in [0, 0.05) is 18.4 Å². The molecule has 4 rings (SSSR count). The molecule has 0 unspecified atom stereocenters. The zero-order valence-corrected chi connectivity index (χ0v) is 15.9. The molecule has 8 heteroatoms. The number of hydrogen-bond acceptors (Lipinski definition) is 7. The van der Waals surface area contributed by atoms with E-state index in [4.69, 9.17) is 4.52 Å². The molecule has 0 atom stereocenters. The van der Waals surface area contributed by atoms with Crippen molar-refractivity contribution in [2.45, 2.75) is 67.8 Å². The number of nitrogens with zero attached hydrogens (tertiary/aromatic N) is 5. The molecule has 0 radical (unpaired) electrons. The third kappa shape index (κ3) is 3.86. The third-order valence-electron chi connectivity index (χ3n) is 5.28. The molecule has 0 aromatic carbocycles. The summed E-state index contributed by atoms with van der Waals surface area (Å²) in [7, 11) is 0. The van der Waals surface area contributed by atoms with Crippen molar-refractivity contribution >= 4 is 11.8 Å². The Morgan fingerprint density at radius 3 is 2.73 bits per heavy atom. The maximum Gasteiger partial charge on any atom is 0.229 e. The first-order chi connectivity index (χ1) is 12.8. The van der Waals surface area contributed by atoms with Crippen molar-refractivity contribution in [3.63, 3.8) is 0 Å². The molecule has 2 aromatic heterocycles. The molecule has 26 heavy (non-hydrogen) atoms. The minimum absolute atomic E-state index is 0.456. The summed E-state index contributed by atoms with van der Waals surface area (Å²) in [6.45, 7) is 6.71. The number of hydrogen-bond donors (Lipinski definition) is 1. The first kappa shape index (κ1) is 17.7. The van der Waals surface area contributed by atoms with Crippen LogP contribution in [0.25, 0.3) is 0 Å². The lowest BCUT2D eigenvalue weighted by Gasteiger charge is -2.22. The van der Waals surface area contributed by atoms with Gasteiger partial charge < -0.3 is 14.4 Å². The number of allylic oxidation sites excluding steroid dienone is 1. The Morgan fingerprint density at radius 1 is 1.15 bits per heavy atom. The lowest BCUT2D eigenvalue weighted by molar-refractivity contribution is 0.351. The Morgan fingerprint density at radius 2 is 1.96 bits per heavy atom. The summed E-state index contributed by atoms with van der Waals surface area (Å²) < 4.78 is 7.66. The number of rotatable bonds is 7. The van der Waals surface area contributed by atoms with Gasteiger partial charge in [0.05, 0.1) is 5.75 Å². The Labute approximate surface area is 158 Å². The van der Waals surface area contributed by atoms with E-state index in [1.54, 1.807) is 11.8 Å². The van der Waals surface area contributed by atoms with Crippen LogP contribution >= 0.6 is 11.8 Å². The first-order valence-corrected chi connectivity index (χ1v) is 10.5. The van der Waals surface area contributed by atoms with Crippen LogP contribution in [0, 0.1) is 0 Å². The largest absolute Gasteiger partial charge is 0.339 e. The second kappa shape index (κ2) is 8.35. The zero-order chi connectivity index (χ0) is 17.8. The van der Waals surface area contributed by atoms with E-state index in [1.165, 1.54) is 25.7 Å². The van der Waals surface area contributed by atoms with Crippen molar-refractivity contribution in [3.05, 3.63) is 30.2 Å². The maximum atomic E-state index is 5.47. The van der Waals surface area contributed by atoms with E-state index in [-0.39, 0.29) is 0 Å². The van der Waals surface area contributed by atoms with Crippen molar-refractivity contribution in [3.8, 4) is 0 Å². The number of aromatic nitrogens is 5. The second-order valence-electron chi connectivity index (χ2n) is 7.08. The van der Waals surface area contributed by atoms with Gasteiger partial charge in [-0.3, -0.25) is 0 Å². The molecule has 140 valence electrons. The molecule has 2 aliphatic rings. The third-order valence-corrected chi connectivity index (χ3v) is 6.24. The van der Waals surface area contributed by atoms with Crippen LogP contribution in [0.5, 0.6) is 0 Å². The molecular formula is C18H26N6OS. The number of thioether (sulfide) groups is 1. The summed E-state index contributed by atoms with van der Waals surface area (Å²) in [5.41, 5.74) is 0. The van der Waals surface area contributed by atoms with Gasteiger partial charge in [0.2, 0.25) is 5.89 Å². The minimum atomic E-state index is 0.456. The maximum absolute atomic E-state index is 5.47. The SMILES string of the molecule is C=CCn1c(SCc2noc(C3CCCC3)n2)nnc1C1CCNCC1. The average Bonchev–Trinajstić information content (AvgIpc) is 3.42. The van der Waals surface area contributed by atoms with Crippen LogP contribution in [-0.2, 0) is 12.3 Å². The number of nitrogens with one attached hydrogen (secondary N) is 1. The molecule has 1 N–H and O–H groups in total. The van der Waals surface area contributed by atoms with Gasteiger partial charge in [-0.1, -0.05) is 35.8 Å². The Hall–Kier alpha value is -1.67. The molecule has 7 nitrogen and oxygen atoms in total. The van der Waals surface area contributed by atoms with Crippen LogP contribution < -0.4 is 5.32 Å². The van der Waals surface area contributed by atoms with Gasteiger partial charge in [0.15, 0.2) is 11.0 Å². The van der Waals surface area contributed by atoms with Crippen molar-refractivity contribution < 1.29 is 4.52 Å². The molecule has 2 fully saturated rings. The van der Waals surface area contributed by atoms with Gasteiger partial charge in [-0.25, -0.2) is 0 Å². The van der Waals surface area contributed by atoms with Crippen LogP contribution in [0.2, 0.25) is 0 Å². The smallest absolute Gasteiger partial charge is 0.229 e. The van der Waals surface area contributed by atoms with Crippen LogP contribution in [0.15, 0.2) is 22.3 Å². The van der Waals surface area contributed by atoms with Gasteiger partial charge in [0.25, 0.3) is 0 Å². The van der Waals surface area contributed by atoms with E-state index >= 15 is 0 Å². The highest BCUT2D eigenvalue weighted by atomic mass is 32.2. The van der Waals surface area contributed by atoms with Gasteiger partial charge in [-0.2, -0.15) is 4.98 Å². The van der Waals surface area contributed by atoms with Gasteiger partial charge in [-0.05, 0) is 38.8 Å². The fourth-order valence-electron chi connectivity index (χ4n) is 3.88. The predicted molar refractivity (Wildman–Crippen MR) is 100 cm³/mol. The van der Waals surface area contributed by atoms with Gasteiger partial charge in [0.1, 0.15) is 5.82 Å². The molecule has 1 aliphatic heterocycles. The molecule has 1 saturated heterocycles. The lowest BCUT2D eigenvalue weighted by atomic mass is 9.97. The molecule has 1 aliphatic carbocycles. The van der Waals surface area contributed by atoms with Crippen molar-refractivity contribution in [1.82, 2.24) is 30.2 Å².